The molecule has 0 N–H and O–H groups in total. The molecule has 1 heterocycles. The molecule has 0 spiro atoms. The van der Waals surface area contributed by atoms with Gasteiger partial charge in [-0.05, 0) is 20.8 Å². The van der Waals surface area contributed by atoms with Gasteiger partial charge in [0.2, 0.25) is 0 Å². The first-order valence-corrected chi connectivity index (χ1v) is 4.27. The van der Waals surface area contributed by atoms with Crippen LogP contribution in [0.5, 0.6) is 0 Å². The smallest absolute Gasteiger partial charge is 0.353 e. The highest BCUT2D eigenvalue weighted by molar-refractivity contribution is 6.38. The molecule has 0 bridgehead atoms. The van der Waals surface area contributed by atoms with Crippen molar-refractivity contribution in [2.45, 2.75) is 32.8 Å². The largest absolute Gasteiger partial charge is 0.455 e. The van der Waals surface area contributed by atoms with E-state index in [4.69, 9.17) is 4.74 Å². The highest BCUT2D eigenvalue weighted by atomic mass is 16.6. The molecule has 1 rings (SSSR count). The lowest BCUT2D eigenvalue weighted by Gasteiger charge is -2.20. The van der Waals surface area contributed by atoms with E-state index in [-0.39, 0.29) is 5.97 Å². The predicted molar refractivity (Wildman–Crippen MR) is 51.3 cm³/mol. The Balaban J connectivity index is 2.58. The lowest BCUT2D eigenvalue weighted by molar-refractivity contribution is -0.146. The van der Waals surface area contributed by atoms with Crippen molar-refractivity contribution < 1.29 is 9.53 Å². The topological polar surface area (TPSA) is 51.0 Å². The summed E-state index contributed by atoms with van der Waals surface area (Å²) in [4.78, 5) is 19.1. The van der Waals surface area contributed by atoms with Crippen LogP contribution in [0.4, 0.5) is 0 Å². The Morgan fingerprint density at radius 2 is 2.23 bits per heavy atom. The van der Waals surface area contributed by atoms with Crippen LogP contribution in [-0.4, -0.2) is 30.2 Å². The molecule has 0 aromatic carbocycles. The number of esters is 1. The van der Waals surface area contributed by atoms with Gasteiger partial charge in [0.05, 0.1) is 0 Å². The molecule has 0 unspecified atom stereocenters. The van der Waals surface area contributed by atoms with Crippen molar-refractivity contribution in [3.63, 3.8) is 0 Å². The molecule has 72 valence electrons. The van der Waals surface area contributed by atoms with Gasteiger partial charge >= 0.3 is 5.97 Å². The van der Waals surface area contributed by atoms with Crippen molar-refractivity contribution in [1.82, 2.24) is 0 Å². The minimum atomic E-state index is -0.450. The summed E-state index contributed by atoms with van der Waals surface area (Å²) in [5.41, 5.74) is 0.0127. The van der Waals surface area contributed by atoms with E-state index in [0.717, 1.165) is 0 Å². The minimum Gasteiger partial charge on any atom is -0.455 e. The minimum absolute atomic E-state index is 0.335. The SMILES string of the molecule is CC(C)(C)OC(=O)C1=NC=NCC1. The van der Waals surface area contributed by atoms with Crippen LogP contribution in [0.3, 0.4) is 0 Å². The normalized spacial score (nSPS) is 16.7. The number of nitrogens with zero attached hydrogens (tertiary/aromatic N) is 2. The maximum absolute atomic E-state index is 11.4. The summed E-state index contributed by atoms with van der Waals surface area (Å²) >= 11 is 0. The van der Waals surface area contributed by atoms with E-state index < -0.39 is 5.60 Å². The van der Waals surface area contributed by atoms with Crippen LogP contribution < -0.4 is 0 Å². The summed E-state index contributed by atoms with van der Waals surface area (Å²) in [6.07, 6.45) is 1.98. The van der Waals surface area contributed by atoms with Crippen molar-refractivity contribution in [2.24, 2.45) is 9.98 Å². The summed E-state index contributed by atoms with van der Waals surface area (Å²) in [7, 11) is 0. The second-order valence-corrected chi connectivity index (χ2v) is 3.85. The number of hydrogen-bond donors (Lipinski definition) is 0. The Hall–Kier alpha value is -1.19. The molecule has 0 atom stereocenters. The summed E-state index contributed by atoms with van der Waals surface area (Å²) in [6.45, 7) is 6.13. The van der Waals surface area contributed by atoms with E-state index in [1.807, 2.05) is 20.8 Å². The van der Waals surface area contributed by atoms with E-state index in [2.05, 4.69) is 9.98 Å². The zero-order chi connectivity index (χ0) is 9.90. The van der Waals surface area contributed by atoms with E-state index in [9.17, 15) is 4.79 Å². The van der Waals surface area contributed by atoms with Gasteiger partial charge in [0.1, 0.15) is 17.7 Å². The van der Waals surface area contributed by atoms with Crippen LogP contribution in [0.1, 0.15) is 27.2 Å². The summed E-state index contributed by atoms with van der Waals surface area (Å²) in [6, 6.07) is 0. The van der Waals surface area contributed by atoms with Gasteiger partial charge in [-0.3, -0.25) is 4.99 Å². The highest BCUT2D eigenvalue weighted by Gasteiger charge is 2.21. The maximum atomic E-state index is 11.4. The van der Waals surface area contributed by atoms with Gasteiger partial charge < -0.3 is 4.74 Å². The zero-order valence-corrected chi connectivity index (χ0v) is 8.20. The molecule has 13 heavy (non-hydrogen) atoms. The van der Waals surface area contributed by atoms with Gasteiger partial charge in [0.25, 0.3) is 0 Å². The van der Waals surface area contributed by atoms with Gasteiger partial charge in [0.15, 0.2) is 0 Å². The lowest BCUT2D eigenvalue weighted by Crippen LogP contribution is -2.30. The Morgan fingerprint density at radius 1 is 1.54 bits per heavy atom. The van der Waals surface area contributed by atoms with Crippen LogP contribution in [0, 0.1) is 0 Å². The monoisotopic (exact) mass is 182 g/mol. The number of carbonyl (C=O) groups is 1. The van der Waals surface area contributed by atoms with Crippen molar-refractivity contribution in [2.75, 3.05) is 6.54 Å². The first kappa shape index (κ1) is 9.89. The fraction of sp³-hybridized carbons (Fsp3) is 0.667. The Labute approximate surface area is 77.7 Å². The molecule has 0 amide bonds. The molecule has 0 aliphatic carbocycles. The zero-order valence-electron chi connectivity index (χ0n) is 8.20. The third-order valence-electron chi connectivity index (χ3n) is 1.41. The molecule has 0 saturated carbocycles. The van der Waals surface area contributed by atoms with Crippen LogP contribution >= 0.6 is 0 Å². The first-order chi connectivity index (χ1) is 5.99. The molecule has 0 radical (unpaired) electrons. The van der Waals surface area contributed by atoms with Crippen molar-refractivity contribution in [3.8, 4) is 0 Å². The summed E-state index contributed by atoms with van der Waals surface area (Å²) in [5, 5.41) is 0. The second-order valence-electron chi connectivity index (χ2n) is 3.85. The van der Waals surface area contributed by atoms with Crippen molar-refractivity contribution in [3.05, 3.63) is 0 Å². The van der Waals surface area contributed by atoms with Crippen LogP contribution in [-0.2, 0) is 9.53 Å². The average molecular weight is 182 g/mol. The molecule has 4 heteroatoms. The summed E-state index contributed by atoms with van der Waals surface area (Å²) < 4.78 is 5.15. The van der Waals surface area contributed by atoms with Gasteiger partial charge in [0, 0.05) is 13.0 Å². The third kappa shape index (κ3) is 3.36. The van der Waals surface area contributed by atoms with Crippen LogP contribution in [0.25, 0.3) is 0 Å². The lowest BCUT2D eigenvalue weighted by atomic mass is 10.2. The standard InChI is InChI=1S/C9H14N2O2/c1-9(2,3)13-8(12)7-4-5-10-6-11-7/h6H,4-5H2,1-3H3. The molecular formula is C9H14N2O2. The summed E-state index contributed by atoms with van der Waals surface area (Å²) in [5.74, 6) is -0.335. The van der Waals surface area contributed by atoms with Crippen molar-refractivity contribution in [1.29, 1.82) is 0 Å². The molecule has 0 saturated heterocycles. The number of hydrogen-bond acceptors (Lipinski definition) is 4. The predicted octanol–water partition coefficient (Wildman–Crippen LogP) is 1.20. The molecule has 1 aliphatic heterocycles. The Kier molecular flexibility index (Phi) is 2.80. The van der Waals surface area contributed by atoms with E-state index in [1.54, 1.807) is 0 Å². The molecule has 0 fully saturated rings. The van der Waals surface area contributed by atoms with Gasteiger partial charge in [-0.2, -0.15) is 0 Å². The molecule has 4 nitrogen and oxygen atoms in total. The maximum Gasteiger partial charge on any atom is 0.353 e. The van der Waals surface area contributed by atoms with E-state index in [0.29, 0.717) is 18.7 Å². The van der Waals surface area contributed by atoms with Crippen LogP contribution in [0.2, 0.25) is 0 Å². The fourth-order valence-corrected chi connectivity index (χ4v) is 0.895. The highest BCUT2D eigenvalue weighted by Crippen LogP contribution is 2.09. The number of carbonyl (C=O) groups excluding carboxylic acids is 1. The van der Waals surface area contributed by atoms with Gasteiger partial charge in [-0.1, -0.05) is 0 Å². The first-order valence-electron chi connectivity index (χ1n) is 4.27. The van der Waals surface area contributed by atoms with E-state index in [1.165, 1.54) is 6.34 Å². The Bertz CT molecular complexity index is 261. The van der Waals surface area contributed by atoms with Gasteiger partial charge in [-0.15, -0.1) is 0 Å². The number of ether oxygens (including phenoxy) is 1. The Morgan fingerprint density at radius 3 is 2.69 bits per heavy atom. The van der Waals surface area contributed by atoms with Crippen LogP contribution in [0.15, 0.2) is 9.98 Å². The number of aliphatic imine (C=N–C) groups is 2. The molecule has 0 aromatic rings. The van der Waals surface area contributed by atoms with Crippen molar-refractivity contribution >= 4 is 18.0 Å². The molecule has 1 aliphatic rings. The average Bonchev–Trinajstić information content (AvgIpc) is 2.03. The quantitative estimate of drug-likeness (QED) is 0.572. The fourth-order valence-electron chi connectivity index (χ4n) is 0.895. The molecular weight excluding hydrogens is 168 g/mol. The van der Waals surface area contributed by atoms with Gasteiger partial charge in [-0.25, -0.2) is 9.79 Å². The second kappa shape index (κ2) is 3.68. The van der Waals surface area contributed by atoms with E-state index >= 15 is 0 Å². The molecule has 0 aromatic heterocycles. The number of rotatable bonds is 1. The third-order valence-corrected chi connectivity index (χ3v) is 1.41.